The highest BCUT2D eigenvalue weighted by Gasteiger charge is 2.20. The van der Waals surface area contributed by atoms with Crippen LogP contribution in [0.3, 0.4) is 0 Å². The lowest BCUT2D eigenvalue weighted by Crippen LogP contribution is -2.13. The number of pyridine rings is 1. The van der Waals surface area contributed by atoms with Crippen molar-refractivity contribution in [3.63, 3.8) is 0 Å². The Bertz CT molecular complexity index is 1370. The minimum atomic E-state index is -0.335. The van der Waals surface area contributed by atoms with Crippen LogP contribution in [0.2, 0.25) is 0 Å². The fourth-order valence-electron chi connectivity index (χ4n) is 3.38. The van der Waals surface area contributed by atoms with Crippen LogP contribution in [0.4, 0.5) is 0 Å². The molecule has 0 saturated carbocycles. The van der Waals surface area contributed by atoms with Gasteiger partial charge in [-0.1, -0.05) is 29.5 Å². The van der Waals surface area contributed by atoms with Crippen LogP contribution in [0.5, 0.6) is 0 Å². The molecule has 0 aliphatic carbocycles. The maximum Gasteiger partial charge on any atom is 0.281 e. The van der Waals surface area contributed by atoms with Gasteiger partial charge >= 0.3 is 0 Å². The van der Waals surface area contributed by atoms with Crippen molar-refractivity contribution in [2.45, 2.75) is 13.0 Å². The number of nitrogens with zero attached hydrogens (tertiary/aromatic N) is 7. The molecule has 1 N–H and O–H groups in total. The van der Waals surface area contributed by atoms with Gasteiger partial charge in [0.25, 0.3) is 5.56 Å². The second-order valence-corrected chi connectivity index (χ2v) is 6.62. The quantitative estimate of drug-likeness (QED) is 0.519. The predicted molar refractivity (Wildman–Crippen MR) is 104 cm³/mol. The molecule has 0 radical (unpaired) electrons. The van der Waals surface area contributed by atoms with E-state index in [1.54, 1.807) is 28.0 Å². The van der Waals surface area contributed by atoms with Crippen LogP contribution in [0, 0.1) is 0 Å². The van der Waals surface area contributed by atoms with Gasteiger partial charge in [0.15, 0.2) is 11.2 Å². The smallest absolute Gasteiger partial charge is 0.281 e. The highest BCUT2D eigenvalue weighted by Crippen LogP contribution is 2.26. The van der Waals surface area contributed by atoms with Gasteiger partial charge in [-0.05, 0) is 13.0 Å². The Balaban J connectivity index is 1.70. The zero-order valence-electron chi connectivity index (χ0n) is 15.2. The van der Waals surface area contributed by atoms with E-state index in [2.05, 4.69) is 30.4 Å². The van der Waals surface area contributed by atoms with Crippen molar-refractivity contribution in [2.24, 2.45) is 7.05 Å². The van der Waals surface area contributed by atoms with Crippen LogP contribution in [-0.2, 0) is 7.05 Å². The second-order valence-electron chi connectivity index (χ2n) is 6.62. The molecule has 1 unspecified atom stereocenters. The standard InChI is InChI=1S/C19H16N8O/c1-11(14-7-3-5-12-6-4-8-20-15(12)14)27-18-16(24-25-27)19(28)23-17(22-18)13-9-21-26(2)10-13/h3-11H,1-2H3,(H,22,23,28). The summed E-state index contributed by atoms with van der Waals surface area (Å²) in [4.78, 5) is 24.4. The van der Waals surface area contributed by atoms with Gasteiger partial charge in [-0.2, -0.15) is 5.10 Å². The third kappa shape index (κ3) is 2.48. The van der Waals surface area contributed by atoms with E-state index in [1.807, 2.05) is 44.3 Å². The van der Waals surface area contributed by atoms with Gasteiger partial charge in [-0.15, -0.1) is 5.10 Å². The average Bonchev–Trinajstić information content (AvgIpc) is 3.33. The first kappa shape index (κ1) is 16.3. The molecule has 0 aliphatic rings. The van der Waals surface area contributed by atoms with Crippen LogP contribution in [0.15, 0.2) is 53.7 Å². The molecule has 5 rings (SSSR count). The molecule has 138 valence electrons. The molecule has 5 aromatic rings. The van der Waals surface area contributed by atoms with Crippen molar-refractivity contribution in [3.05, 3.63) is 64.8 Å². The van der Waals surface area contributed by atoms with Gasteiger partial charge in [0.1, 0.15) is 5.82 Å². The Labute approximate surface area is 158 Å². The molecule has 9 nitrogen and oxygen atoms in total. The number of para-hydroxylation sites is 1. The number of hydrogen-bond acceptors (Lipinski definition) is 6. The number of aryl methyl sites for hydroxylation is 1. The van der Waals surface area contributed by atoms with Crippen molar-refractivity contribution < 1.29 is 0 Å². The molecule has 0 saturated heterocycles. The number of rotatable bonds is 3. The lowest BCUT2D eigenvalue weighted by Gasteiger charge is -2.14. The van der Waals surface area contributed by atoms with Crippen molar-refractivity contribution in [2.75, 3.05) is 0 Å². The summed E-state index contributed by atoms with van der Waals surface area (Å²) in [6, 6.07) is 9.71. The van der Waals surface area contributed by atoms with E-state index in [0.717, 1.165) is 16.5 Å². The van der Waals surface area contributed by atoms with Crippen LogP contribution >= 0.6 is 0 Å². The molecule has 28 heavy (non-hydrogen) atoms. The number of H-pyrrole nitrogens is 1. The summed E-state index contributed by atoms with van der Waals surface area (Å²) in [5.41, 5.74) is 2.87. The molecule has 0 spiro atoms. The summed E-state index contributed by atoms with van der Waals surface area (Å²) in [5, 5.41) is 13.4. The SMILES string of the molecule is CC(c1cccc2cccnc12)n1nnc2c(=O)[nH]c(-c3cnn(C)c3)nc21. The van der Waals surface area contributed by atoms with E-state index in [1.165, 1.54) is 0 Å². The molecule has 0 amide bonds. The summed E-state index contributed by atoms with van der Waals surface area (Å²) in [6.07, 6.45) is 5.20. The number of fused-ring (bicyclic) bond motifs is 2. The number of benzene rings is 1. The third-order valence-electron chi connectivity index (χ3n) is 4.79. The van der Waals surface area contributed by atoms with E-state index in [0.29, 0.717) is 17.0 Å². The van der Waals surface area contributed by atoms with E-state index in [4.69, 9.17) is 0 Å². The largest absolute Gasteiger partial charge is 0.304 e. The van der Waals surface area contributed by atoms with Crippen molar-refractivity contribution in [1.82, 2.24) is 39.7 Å². The molecule has 0 aliphatic heterocycles. The zero-order chi connectivity index (χ0) is 19.3. The van der Waals surface area contributed by atoms with Gasteiger partial charge in [0.05, 0.1) is 23.3 Å². The molecule has 4 aromatic heterocycles. The van der Waals surface area contributed by atoms with Gasteiger partial charge in [-0.25, -0.2) is 9.67 Å². The summed E-state index contributed by atoms with van der Waals surface area (Å²) in [7, 11) is 1.81. The van der Waals surface area contributed by atoms with Crippen molar-refractivity contribution >= 4 is 22.1 Å². The summed E-state index contributed by atoms with van der Waals surface area (Å²) >= 11 is 0. The van der Waals surface area contributed by atoms with Gasteiger partial charge < -0.3 is 4.98 Å². The Morgan fingerprint density at radius 1 is 1.14 bits per heavy atom. The first-order valence-corrected chi connectivity index (χ1v) is 8.79. The molecule has 1 aromatic carbocycles. The van der Waals surface area contributed by atoms with E-state index in [-0.39, 0.29) is 17.1 Å². The zero-order valence-corrected chi connectivity index (χ0v) is 15.2. The number of nitrogens with one attached hydrogen (secondary N) is 1. The average molecular weight is 372 g/mol. The molecule has 4 heterocycles. The Morgan fingerprint density at radius 2 is 2.00 bits per heavy atom. The Morgan fingerprint density at radius 3 is 2.82 bits per heavy atom. The van der Waals surface area contributed by atoms with Gasteiger partial charge in [0.2, 0.25) is 0 Å². The maximum atomic E-state index is 12.5. The molecule has 0 fully saturated rings. The molecule has 1 atom stereocenters. The monoisotopic (exact) mass is 372 g/mol. The fourth-order valence-corrected chi connectivity index (χ4v) is 3.38. The van der Waals surface area contributed by atoms with Gasteiger partial charge in [-0.3, -0.25) is 14.5 Å². The first-order valence-electron chi connectivity index (χ1n) is 8.79. The highest BCUT2D eigenvalue weighted by atomic mass is 16.1. The summed E-state index contributed by atoms with van der Waals surface area (Å²) in [5.74, 6) is 0.428. The maximum absolute atomic E-state index is 12.5. The molecule has 0 bridgehead atoms. The minimum Gasteiger partial charge on any atom is -0.304 e. The normalized spacial score (nSPS) is 12.6. The Hall–Kier alpha value is -3.88. The van der Waals surface area contributed by atoms with Crippen molar-refractivity contribution in [1.29, 1.82) is 0 Å². The van der Waals surface area contributed by atoms with Crippen LogP contribution in [-0.4, -0.2) is 39.7 Å². The van der Waals surface area contributed by atoms with Crippen molar-refractivity contribution in [3.8, 4) is 11.4 Å². The lowest BCUT2D eigenvalue weighted by atomic mass is 10.0. The Kier molecular flexibility index (Phi) is 3.54. The number of aromatic amines is 1. The highest BCUT2D eigenvalue weighted by molar-refractivity contribution is 5.82. The molecule has 9 heteroatoms. The van der Waals surface area contributed by atoms with Crippen LogP contribution in [0.1, 0.15) is 18.5 Å². The molecular formula is C19H16N8O. The second kappa shape index (κ2) is 6.08. The summed E-state index contributed by atoms with van der Waals surface area (Å²) in [6.45, 7) is 1.99. The van der Waals surface area contributed by atoms with E-state index >= 15 is 0 Å². The molecular weight excluding hydrogens is 356 g/mol. The van der Waals surface area contributed by atoms with Gasteiger partial charge in [0, 0.05) is 30.4 Å². The van der Waals surface area contributed by atoms with E-state index < -0.39 is 0 Å². The fraction of sp³-hybridized carbons (Fsp3) is 0.158. The number of hydrogen-bond donors (Lipinski definition) is 1. The van der Waals surface area contributed by atoms with Crippen LogP contribution in [0.25, 0.3) is 33.5 Å². The van der Waals surface area contributed by atoms with Crippen LogP contribution < -0.4 is 5.56 Å². The number of aromatic nitrogens is 8. The first-order chi connectivity index (χ1) is 13.6. The third-order valence-corrected chi connectivity index (χ3v) is 4.79. The topological polar surface area (TPSA) is 107 Å². The predicted octanol–water partition coefficient (Wildman–Crippen LogP) is 2.07. The minimum absolute atomic E-state index is 0.202. The van der Waals surface area contributed by atoms with E-state index in [9.17, 15) is 4.79 Å². The summed E-state index contributed by atoms with van der Waals surface area (Å²) < 4.78 is 3.31. The lowest BCUT2D eigenvalue weighted by molar-refractivity contribution is 0.558.